The summed E-state index contributed by atoms with van der Waals surface area (Å²) in [6.07, 6.45) is 12.7. The van der Waals surface area contributed by atoms with E-state index in [4.69, 9.17) is 9.97 Å². The summed E-state index contributed by atoms with van der Waals surface area (Å²) in [7, 11) is 0. The van der Waals surface area contributed by atoms with E-state index in [1.807, 2.05) is 11.3 Å². The lowest BCUT2D eigenvalue weighted by atomic mass is 9.67. The van der Waals surface area contributed by atoms with E-state index in [0.29, 0.717) is 23.7 Å². The van der Waals surface area contributed by atoms with Gasteiger partial charge in [0.1, 0.15) is 0 Å². The summed E-state index contributed by atoms with van der Waals surface area (Å²) in [6, 6.07) is 26.9. The molecule has 0 unspecified atom stereocenters. The van der Waals surface area contributed by atoms with Gasteiger partial charge in [0, 0.05) is 54.5 Å². The summed E-state index contributed by atoms with van der Waals surface area (Å²) in [6.45, 7) is 0. The number of aromatic nitrogens is 3. The zero-order valence-corrected chi connectivity index (χ0v) is 25.3. The smallest absolute Gasteiger partial charge is 0.0738 e. The number of aromatic amines is 1. The first kappa shape index (κ1) is 24.1. The van der Waals surface area contributed by atoms with Crippen molar-refractivity contribution in [1.29, 1.82) is 0 Å². The second kappa shape index (κ2) is 8.67. The Kier molecular flexibility index (Phi) is 4.75. The van der Waals surface area contributed by atoms with Crippen molar-refractivity contribution in [3.8, 4) is 45.0 Å². The third-order valence-corrected chi connectivity index (χ3v) is 12.5. The summed E-state index contributed by atoms with van der Waals surface area (Å²) in [5, 5.41) is 0. The standard InChI is InChI=1S/C40H31N3S/c1-2-6-26-25(5-1)29-17-30-27-7-3-4-8-28(27)32(42-30)19-35-39-23-13-15-24(16-14-23)40(39)36(44-35)20-34-38-22-11-9-21(10-12-22)37(38)33(43-34)18-31(26)41-29/h1-8,13,15,17-24,43H,9-12,14,16H2/t21?,22?,23-,24+/m0/s1. The Hall–Kier alpha value is -4.28. The Morgan fingerprint density at radius 1 is 0.500 bits per heavy atom. The number of allylic oxidation sites excluding steroid dienone is 2. The maximum atomic E-state index is 5.32. The van der Waals surface area contributed by atoms with Gasteiger partial charge in [-0.25, -0.2) is 9.97 Å². The van der Waals surface area contributed by atoms with Crippen molar-refractivity contribution in [3.63, 3.8) is 0 Å². The average molecular weight is 586 g/mol. The van der Waals surface area contributed by atoms with Crippen molar-refractivity contribution >= 4 is 31.8 Å². The third kappa shape index (κ3) is 3.22. The number of hydrogen-bond acceptors (Lipinski definition) is 3. The molecule has 12 bridgehead atoms. The van der Waals surface area contributed by atoms with Crippen LogP contribution in [0.15, 0.2) is 84.9 Å². The molecule has 0 amide bonds. The minimum Gasteiger partial charge on any atom is -0.355 e. The van der Waals surface area contributed by atoms with Crippen LogP contribution in [0.3, 0.4) is 0 Å². The number of hydrogen-bond donors (Lipinski definition) is 1. The molecule has 1 fully saturated rings. The molecule has 4 heteroatoms. The Balaban J connectivity index is 1.32. The molecule has 8 aliphatic rings. The van der Waals surface area contributed by atoms with E-state index >= 15 is 0 Å². The first-order chi connectivity index (χ1) is 21.8. The Labute approximate surface area is 260 Å². The number of H-pyrrole nitrogens is 1. The number of nitrogens with zero attached hydrogens (tertiary/aromatic N) is 2. The van der Waals surface area contributed by atoms with Crippen LogP contribution in [0.2, 0.25) is 0 Å². The fraction of sp³-hybridized carbons (Fsp3) is 0.250. The van der Waals surface area contributed by atoms with Gasteiger partial charge in [-0.1, -0.05) is 60.7 Å². The molecule has 0 spiro atoms. The van der Waals surface area contributed by atoms with E-state index in [9.17, 15) is 0 Å². The molecular formula is C40H31N3S. The van der Waals surface area contributed by atoms with Gasteiger partial charge in [0.2, 0.25) is 0 Å². The van der Waals surface area contributed by atoms with E-state index in [0.717, 1.165) is 22.8 Å². The lowest BCUT2D eigenvalue weighted by Gasteiger charge is -2.36. The predicted molar refractivity (Wildman–Crippen MR) is 181 cm³/mol. The molecule has 5 heterocycles. The molecule has 2 aromatic carbocycles. The van der Waals surface area contributed by atoms with Crippen molar-refractivity contribution < 1.29 is 0 Å². The highest BCUT2D eigenvalue weighted by molar-refractivity contribution is 7.24. The normalized spacial score (nSPS) is 23.3. The molecule has 212 valence electrons. The molecule has 3 nitrogen and oxygen atoms in total. The van der Waals surface area contributed by atoms with Gasteiger partial charge in [-0.15, -0.1) is 11.3 Å². The van der Waals surface area contributed by atoms with Crippen molar-refractivity contribution in [2.75, 3.05) is 0 Å². The van der Waals surface area contributed by atoms with E-state index in [-0.39, 0.29) is 0 Å². The topological polar surface area (TPSA) is 41.6 Å². The number of rotatable bonds is 0. The highest BCUT2D eigenvalue weighted by Gasteiger charge is 2.37. The number of fused-ring (bicyclic) bond motifs is 17. The van der Waals surface area contributed by atoms with Crippen LogP contribution in [0, 0.1) is 0 Å². The summed E-state index contributed by atoms with van der Waals surface area (Å²) in [5.41, 5.74) is 17.9. The van der Waals surface area contributed by atoms with Gasteiger partial charge in [-0.2, -0.15) is 0 Å². The SMILES string of the molecule is C1=C[C@H]2CC[C@@H]1c1c2c2cc3nc(cc4nc(cc5[nH]c(cc1s2)c1c5C2CCC1CC2)-c1ccccc1-4)-c1ccccc1-3. The van der Waals surface area contributed by atoms with Gasteiger partial charge >= 0.3 is 0 Å². The molecule has 1 saturated carbocycles. The van der Waals surface area contributed by atoms with Gasteiger partial charge in [0.25, 0.3) is 0 Å². The molecule has 6 aliphatic carbocycles. The highest BCUT2D eigenvalue weighted by atomic mass is 32.1. The van der Waals surface area contributed by atoms with E-state index in [1.165, 1.54) is 81.2 Å². The molecule has 2 aliphatic heterocycles. The van der Waals surface area contributed by atoms with Crippen molar-refractivity contribution in [3.05, 3.63) is 107 Å². The lowest BCUT2D eigenvalue weighted by Crippen LogP contribution is -2.20. The molecule has 13 rings (SSSR count). The van der Waals surface area contributed by atoms with Crippen molar-refractivity contribution in [1.82, 2.24) is 15.0 Å². The van der Waals surface area contributed by atoms with Crippen LogP contribution in [-0.4, -0.2) is 15.0 Å². The second-order valence-electron chi connectivity index (χ2n) is 13.6. The molecule has 5 aromatic rings. The highest BCUT2D eigenvalue weighted by Crippen LogP contribution is 2.55. The molecule has 2 atom stereocenters. The lowest BCUT2D eigenvalue weighted by molar-refractivity contribution is 0.364. The molecule has 1 N–H and O–H groups in total. The first-order valence-corrected chi connectivity index (χ1v) is 17.2. The maximum Gasteiger partial charge on any atom is 0.0738 e. The second-order valence-corrected chi connectivity index (χ2v) is 14.7. The number of thiophene rings is 1. The van der Waals surface area contributed by atoms with E-state index in [2.05, 4.69) is 89.9 Å². The predicted octanol–water partition coefficient (Wildman–Crippen LogP) is 11.0. The van der Waals surface area contributed by atoms with Crippen LogP contribution in [0.1, 0.15) is 84.5 Å². The molecule has 3 aromatic heterocycles. The first-order valence-electron chi connectivity index (χ1n) is 16.4. The Morgan fingerprint density at radius 3 is 1.48 bits per heavy atom. The van der Waals surface area contributed by atoms with Gasteiger partial charge in [-0.3, -0.25) is 0 Å². The summed E-state index contributed by atoms with van der Waals surface area (Å²) >= 11 is 1.99. The average Bonchev–Trinajstić information content (AvgIpc) is 3.83. The molecule has 0 saturated heterocycles. The summed E-state index contributed by atoms with van der Waals surface area (Å²) in [5.74, 6) is 2.32. The minimum absolute atomic E-state index is 0.504. The van der Waals surface area contributed by atoms with Crippen LogP contribution in [0.4, 0.5) is 0 Å². The van der Waals surface area contributed by atoms with Crippen LogP contribution in [-0.2, 0) is 0 Å². The zero-order valence-electron chi connectivity index (χ0n) is 24.4. The summed E-state index contributed by atoms with van der Waals surface area (Å²) < 4.78 is 2.83. The molecule has 0 radical (unpaired) electrons. The van der Waals surface area contributed by atoms with Gasteiger partial charge in [0.05, 0.1) is 22.8 Å². The van der Waals surface area contributed by atoms with Crippen molar-refractivity contribution in [2.24, 2.45) is 0 Å². The third-order valence-electron chi connectivity index (χ3n) is 11.4. The fourth-order valence-electron chi connectivity index (χ4n) is 9.44. The molecule has 44 heavy (non-hydrogen) atoms. The quantitative estimate of drug-likeness (QED) is 0.180. The molecular weight excluding hydrogens is 555 g/mol. The van der Waals surface area contributed by atoms with Crippen LogP contribution < -0.4 is 0 Å². The maximum absolute atomic E-state index is 5.32. The van der Waals surface area contributed by atoms with E-state index < -0.39 is 0 Å². The fourth-order valence-corrected chi connectivity index (χ4v) is 10.8. The Bertz CT molecular complexity index is 2280. The van der Waals surface area contributed by atoms with Gasteiger partial charge in [0.15, 0.2) is 0 Å². The van der Waals surface area contributed by atoms with Crippen LogP contribution in [0.25, 0.3) is 65.5 Å². The zero-order chi connectivity index (χ0) is 28.5. The summed E-state index contributed by atoms with van der Waals surface area (Å²) in [4.78, 5) is 14.6. The van der Waals surface area contributed by atoms with Crippen LogP contribution >= 0.6 is 11.3 Å². The van der Waals surface area contributed by atoms with Gasteiger partial charge < -0.3 is 4.98 Å². The number of nitrogens with one attached hydrogen (secondary N) is 1. The Morgan fingerprint density at radius 2 is 0.955 bits per heavy atom. The van der Waals surface area contributed by atoms with Crippen LogP contribution in [0.5, 0.6) is 0 Å². The number of benzene rings is 2. The minimum atomic E-state index is 0.504. The van der Waals surface area contributed by atoms with E-state index in [1.54, 1.807) is 22.3 Å². The monoisotopic (exact) mass is 585 g/mol. The largest absolute Gasteiger partial charge is 0.355 e. The van der Waals surface area contributed by atoms with Gasteiger partial charge in [-0.05, 0) is 96.9 Å². The van der Waals surface area contributed by atoms with Crippen molar-refractivity contribution in [2.45, 2.75) is 62.2 Å².